The van der Waals surface area contributed by atoms with Crippen molar-refractivity contribution in [2.45, 2.75) is 20.3 Å². The van der Waals surface area contributed by atoms with Gasteiger partial charge in [-0.2, -0.15) is 0 Å². The topological polar surface area (TPSA) is 26.3 Å². The van der Waals surface area contributed by atoms with E-state index in [4.69, 9.17) is 4.74 Å². The Morgan fingerprint density at radius 1 is 1.54 bits per heavy atom. The lowest BCUT2D eigenvalue weighted by molar-refractivity contribution is -0.138. The normalized spacial score (nSPS) is 13.6. The zero-order valence-corrected chi connectivity index (χ0v) is 9.69. The van der Waals surface area contributed by atoms with E-state index in [1.54, 1.807) is 6.92 Å². The summed E-state index contributed by atoms with van der Waals surface area (Å²) >= 11 is 0. The first-order valence-electron chi connectivity index (χ1n) is 4.59. The summed E-state index contributed by atoms with van der Waals surface area (Å²) in [6.07, 6.45) is 3.25. The lowest BCUT2D eigenvalue weighted by Crippen LogP contribution is -2.07. The minimum Gasteiger partial charge on any atom is -0.462 e. The molecular formula is C10H20O2S. The largest absolute Gasteiger partial charge is 0.462 e. The summed E-state index contributed by atoms with van der Waals surface area (Å²) in [4.78, 5) is 10.9. The molecule has 0 N–H and O–H groups in total. The van der Waals surface area contributed by atoms with Crippen LogP contribution in [-0.2, 0) is 9.53 Å². The van der Waals surface area contributed by atoms with Crippen LogP contribution in [0.15, 0.2) is 12.2 Å². The molecule has 0 aromatic heterocycles. The van der Waals surface area contributed by atoms with Gasteiger partial charge in [-0.3, -0.25) is 10.9 Å². The third kappa shape index (κ3) is 6.70. The maximum absolute atomic E-state index is 10.9. The van der Waals surface area contributed by atoms with Crippen LogP contribution in [0.3, 0.4) is 0 Å². The first-order chi connectivity index (χ1) is 6.07. The molecule has 1 unspecified atom stereocenters. The fourth-order valence-corrected chi connectivity index (χ4v) is 1.77. The molecular weight excluding hydrogens is 184 g/mol. The van der Waals surface area contributed by atoms with E-state index in [0.29, 0.717) is 12.2 Å². The van der Waals surface area contributed by atoms with E-state index in [-0.39, 0.29) is 16.9 Å². The Balaban J connectivity index is 3.36. The number of hydrogen-bond donors (Lipinski definition) is 1. The number of ether oxygens (including phenoxy) is 1. The minimum absolute atomic E-state index is 0.162. The van der Waals surface area contributed by atoms with Gasteiger partial charge in [0.1, 0.15) is 0 Å². The summed E-state index contributed by atoms with van der Waals surface area (Å²) in [5, 5.41) is 0. The molecule has 0 aliphatic heterocycles. The second kappa shape index (κ2) is 7.01. The molecule has 0 aliphatic carbocycles. The quantitative estimate of drug-likeness (QED) is 0.310. The average molecular weight is 204 g/mol. The van der Waals surface area contributed by atoms with E-state index < -0.39 is 0 Å². The highest BCUT2D eigenvalue weighted by molar-refractivity contribution is 8.16. The fraction of sp³-hybridized carbons (Fsp3) is 0.700. The molecule has 0 spiro atoms. The van der Waals surface area contributed by atoms with Crippen molar-refractivity contribution in [3.63, 3.8) is 0 Å². The Labute approximate surface area is 83.7 Å². The van der Waals surface area contributed by atoms with Crippen LogP contribution >= 0.6 is 10.9 Å². The van der Waals surface area contributed by atoms with Gasteiger partial charge in [-0.1, -0.05) is 13.5 Å². The summed E-state index contributed by atoms with van der Waals surface area (Å²) in [5.74, 6) is 2.18. The molecule has 0 fully saturated rings. The van der Waals surface area contributed by atoms with Gasteiger partial charge in [0.15, 0.2) is 0 Å². The molecule has 0 radical (unpaired) electrons. The maximum atomic E-state index is 10.9. The second-order valence-electron chi connectivity index (χ2n) is 3.17. The lowest BCUT2D eigenvalue weighted by Gasteiger charge is -2.12. The SMILES string of the molecule is C=C(C)C(=O)OCCC[SH](C)CC. The molecule has 0 amide bonds. The van der Waals surface area contributed by atoms with Gasteiger partial charge in [-0.25, -0.2) is 4.79 Å². The van der Waals surface area contributed by atoms with E-state index in [1.165, 1.54) is 11.5 Å². The Morgan fingerprint density at radius 3 is 2.62 bits per heavy atom. The summed E-state index contributed by atoms with van der Waals surface area (Å²) in [6, 6.07) is 0. The Bertz CT molecular complexity index is 178. The van der Waals surface area contributed by atoms with Crippen LogP contribution in [0.2, 0.25) is 0 Å². The van der Waals surface area contributed by atoms with Crippen molar-refractivity contribution < 1.29 is 9.53 Å². The van der Waals surface area contributed by atoms with Crippen molar-refractivity contribution in [2.75, 3.05) is 24.4 Å². The molecule has 0 heterocycles. The van der Waals surface area contributed by atoms with Gasteiger partial charge in [-0.15, -0.1) is 0 Å². The van der Waals surface area contributed by atoms with Gasteiger partial charge in [0.2, 0.25) is 0 Å². The zero-order valence-electron chi connectivity index (χ0n) is 8.80. The molecule has 0 rings (SSSR count). The Morgan fingerprint density at radius 2 is 2.15 bits per heavy atom. The third-order valence-electron chi connectivity index (χ3n) is 1.81. The van der Waals surface area contributed by atoms with Crippen molar-refractivity contribution in [3.05, 3.63) is 12.2 Å². The molecule has 1 atom stereocenters. The van der Waals surface area contributed by atoms with Crippen molar-refractivity contribution in [1.29, 1.82) is 0 Å². The number of carbonyl (C=O) groups is 1. The summed E-state index contributed by atoms with van der Waals surface area (Å²) in [6.45, 7) is 7.92. The summed E-state index contributed by atoms with van der Waals surface area (Å²) in [5.41, 5.74) is 0.481. The minimum atomic E-state index is -0.267. The first kappa shape index (κ1) is 12.6. The van der Waals surface area contributed by atoms with Crippen LogP contribution < -0.4 is 0 Å². The van der Waals surface area contributed by atoms with Gasteiger partial charge in [0.05, 0.1) is 6.61 Å². The van der Waals surface area contributed by atoms with Crippen LogP contribution in [0.5, 0.6) is 0 Å². The zero-order chi connectivity index (χ0) is 10.3. The molecule has 78 valence electrons. The molecule has 0 saturated carbocycles. The number of thiol groups is 1. The highest BCUT2D eigenvalue weighted by Gasteiger charge is 2.02. The number of rotatable bonds is 6. The van der Waals surface area contributed by atoms with Crippen molar-refractivity contribution in [3.8, 4) is 0 Å². The fourth-order valence-electron chi connectivity index (χ4n) is 0.781. The highest BCUT2D eigenvalue weighted by atomic mass is 32.2. The standard InChI is InChI=1S/C10H20O2S/c1-5-13(4)8-6-7-12-10(11)9(2)3/h13H,2,5-8H2,1,3-4H3. The van der Waals surface area contributed by atoms with E-state index >= 15 is 0 Å². The average Bonchev–Trinajstić information content (AvgIpc) is 2.11. The van der Waals surface area contributed by atoms with Gasteiger partial charge in [-0.05, 0) is 31.1 Å². The number of hydrogen-bond acceptors (Lipinski definition) is 2. The Hall–Kier alpha value is -0.440. The Kier molecular flexibility index (Phi) is 6.77. The van der Waals surface area contributed by atoms with Crippen LogP contribution in [0.25, 0.3) is 0 Å². The highest BCUT2D eigenvalue weighted by Crippen LogP contribution is 2.19. The van der Waals surface area contributed by atoms with Crippen molar-refractivity contribution >= 4 is 16.9 Å². The molecule has 0 aromatic rings. The molecule has 0 saturated heterocycles. The van der Waals surface area contributed by atoms with E-state index in [9.17, 15) is 4.79 Å². The first-order valence-corrected chi connectivity index (χ1v) is 6.75. The monoisotopic (exact) mass is 204 g/mol. The lowest BCUT2D eigenvalue weighted by atomic mass is 10.4. The second-order valence-corrected chi connectivity index (χ2v) is 5.96. The third-order valence-corrected chi connectivity index (χ3v) is 3.96. The number of carbonyl (C=O) groups excluding carboxylic acids is 1. The maximum Gasteiger partial charge on any atom is 0.333 e. The summed E-state index contributed by atoms with van der Waals surface area (Å²) < 4.78 is 4.97. The van der Waals surface area contributed by atoms with E-state index in [1.807, 2.05) is 0 Å². The van der Waals surface area contributed by atoms with E-state index in [0.717, 1.165) is 6.42 Å². The van der Waals surface area contributed by atoms with Crippen LogP contribution in [-0.4, -0.2) is 30.3 Å². The van der Waals surface area contributed by atoms with E-state index in [2.05, 4.69) is 19.8 Å². The molecule has 13 heavy (non-hydrogen) atoms. The van der Waals surface area contributed by atoms with Crippen molar-refractivity contribution in [1.82, 2.24) is 0 Å². The molecule has 3 heteroatoms. The number of esters is 1. The molecule has 0 aliphatic rings. The van der Waals surface area contributed by atoms with Gasteiger partial charge >= 0.3 is 5.97 Å². The molecule has 0 bridgehead atoms. The van der Waals surface area contributed by atoms with Crippen molar-refractivity contribution in [2.24, 2.45) is 0 Å². The van der Waals surface area contributed by atoms with Crippen LogP contribution in [0, 0.1) is 0 Å². The predicted octanol–water partition coefficient (Wildman–Crippen LogP) is 2.15. The molecule has 0 aromatic carbocycles. The van der Waals surface area contributed by atoms with Crippen LogP contribution in [0.1, 0.15) is 20.3 Å². The van der Waals surface area contributed by atoms with Gasteiger partial charge < -0.3 is 4.74 Å². The van der Waals surface area contributed by atoms with Gasteiger partial charge in [0, 0.05) is 5.57 Å². The predicted molar refractivity (Wildman–Crippen MR) is 60.7 cm³/mol. The smallest absolute Gasteiger partial charge is 0.333 e. The van der Waals surface area contributed by atoms with Gasteiger partial charge in [0.25, 0.3) is 0 Å². The summed E-state index contributed by atoms with van der Waals surface area (Å²) in [7, 11) is 0.162. The van der Waals surface area contributed by atoms with Crippen LogP contribution in [0.4, 0.5) is 0 Å². The molecule has 2 nitrogen and oxygen atoms in total.